The predicted octanol–water partition coefficient (Wildman–Crippen LogP) is 3.75. The van der Waals surface area contributed by atoms with E-state index in [1.54, 1.807) is 19.1 Å². The van der Waals surface area contributed by atoms with Gasteiger partial charge in [-0.2, -0.15) is 0 Å². The maximum atomic E-state index is 14.6. The van der Waals surface area contributed by atoms with E-state index < -0.39 is 58.2 Å². The molecule has 0 aromatic heterocycles. The SMILES string of the molecule is CCC[C@H](NC(=O)[C@@H]1C[C@]2(CC(c3cccc(Cl)c3)=NO2)CN1C(=O)[C@@H](NC(=O)CC1CCCCC1)C(C)(C)C)C(=O)C(=O)N1CC(C)(O)C1. The van der Waals surface area contributed by atoms with Gasteiger partial charge in [-0.1, -0.05) is 82.3 Å². The molecule has 0 bridgehead atoms. The Morgan fingerprint density at radius 2 is 1.78 bits per heavy atom. The molecule has 4 amide bonds. The van der Waals surface area contributed by atoms with E-state index in [1.165, 1.54) is 16.2 Å². The van der Waals surface area contributed by atoms with E-state index in [2.05, 4.69) is 15.8 Å². The van der Waals surface area contributed by atoms with E-state index in [9.17, 15) is 29.1 Å². The van der Waals surface area contributed by atoms with Crippen molar-refractivity contribution in [2.75, 3.05) is 19.6 Å². The maximum Gasteiger partial charge on any atom is 0.292 e. The van der Waals surface area contributed by atoms with Crippen molar-refractivity contribution in [1.29, 1.82) is 0 Å². The molecule has 3 N–H and O–H groups in total. The molecule has 5 rings (SSSR count). The number of aliphatic hydroxyl groups is 1. The summed E-state index contributed by atoms with van der Waals surface area (Å²) in [6, 6.07) is 4.08. The Morgan fingerprint density at radius 1 is 1.08 bits per heavy atom. The second-order valence-corrected chi connectivity index (χ2v) is 16.6. The van der Waals surface area contributed by atoms with Crippen molar-refractivity contribution < 1.29 is 33.9 Å². The molecule has 13 heteroatoms. The van der Waals surface area contributed by atoms with Crippen molar-refractivity contribution in [3.63, 3.8) is 0 Å². The van der Waals surface area contributed by atoms with E-state index in [-0.39, 0.29) is 44.3 Å². The number of carbonyl (C=O) groups is 5. The molecule has 12 nitrogen and oxygen atoms in total. The van der Waals surface area contributed by atoms with Gasteiger partial charge in [0, 0.05) is 29.8 Å². The van der Waals surface area contributed by atoms with Gasteiger partial charge < -0.3 is 30.4 Å². The van der Waals surface area contributed by atoms with Gasteiger partial charge in [0.1, 0.15) is 12.1 Å². The fourth-order valence-corrected chi connectivity index (χ4v) is 7.88. The molecule has 4 aliphatic rings. The van der Waals surface area contributed by atoms with Crippen LogP contribution in [0, 0.1) is 11.3 Å². The maximum absolute atomic E-state index is 14.6. The van der Waals surface area contributed by atoms with Crippen LogP contribution in [0.2, 0.25) is 5.02 Å². The molecule has 3 heterocycles. The van der Waals surface area contributed by atoms with E-state index in [1.807, 2.05) is 39.8 Å². The van der Waals surface area contributed by atoms with Crippen molar-refractivity contribution in [1.82, 2.24) is 20.4 Å². The largest absolute Gasteiger partial charge is 0.387 e. The number of amides is 4. The highest BCUT2D eigenvalue weighted by molar-refractivity contribution is 6.38. The molecule has 3 aliphatic heterocycles. The molecule has 0 radical (unpaired) electrons. The zero-order valence-corrected chi connectivity index (χ0v) is 30.7. The van der Waals surface area contributed by atoms with E-state index in [4.69, 9.17) is 16.4 Å². The number of nitrogens with zero attached hydrogens (tertiary/aromatic N) is 3. The Kier molecular flexibility index (Phi) is 11.3. The van der Waals surface area contributed by atoms with Crippen LogP contribution >= 0.6 is 11.6 Å². The fraction of sp³-hybridized carbons (Fsp3) is 0.676. The molecule has 1 aliphatic carbocycles. The zero-order valence-electron chi connectivity index (χ0n) is 29.9. The monoisotopic (exact) mass is 713 g/mol. The van der Waals surface area contributed by atoms with Crippen molar-refractivity contribution in [2.45, 2.75) is 128 Å². The highest BCUT2D eigenvalue weighted by Gasteiger charge is 2.56. The summed E-state index contributed by atoms with van der Waals surface area (Å²) in [5.74, 6) is -2.47. The summed E-state index contributed by atoms with van der Waals surface area (Å²) < 4.78 is 0. The van der Waals surface area contributed by atoms with Gasteiger partial charge in [0.2, 0.25) is 23.5 Å². The van der Waals surface area contributed by atoms with Gasteiger partial charge in [-0.05, 0) is 49.7 Å². The summed E-state index contributed by atoms with van der Waals surface area (Å²) >= 11 is 6.25. The van der Waals surface area contributed by atoms with Gasteiger partial charge in [0.25, 0.3) is 5.91 Å². The first-order valence-electron chi connectivity index (χ1n) is 18.0. The number of ketones is 1. The number of hydrogen-bond acceptors (Lipinski definition) is 8. The van der Waals surface area contributed by atoms with Crippen LogP contribution in [0.1, 0.15) is 104 Å². The van der Waals surface area contributed by atoms with Crippen molar-refractivity contribution in [3.8, 4) is 0 Å². The summed E-state index contributed by atoms with van der Waals surface area (Å²) in [5.41, 5.74) is -1.39. The third-order valence-electron chi connectivity index (χ3n) is 10.4. The van der Waals surface area contributed by atoms with E-state index >= 15 is 0 Å². The molecule has 2 saturated heterocycles. The molecular formula is C37H52ClN5O7. The van der Waals surface area contributed by atoms with E-state index in [0.717, 1.165) is 31.2 Å². The molecule has 1 aromatic rings. The van der Waals surface area contributed by atoms with Crippen LogP contribution in [0.15, 0.2) is 29.4 Å². The quantitative estimate of drug-likeness (QED) is 0.295. The summed E-state index contributed by atoms with van der Waals surface area (Å²) in [4.78, 5) is 77.3. The fourth-order valence-electron chi connectivity index (χ4n) is 7.69. The molecule has 0 unspecified atom stereocenters. The normalized spacial score (nSPS) is 24.5. The predicted molar refractivity (Wildman–Crippen MR) is 188 cm³/mol. The second-order valence-electron chi connectivity index (χ2n) is 16.1. The second kappa shape index (κ2) is 15.0. The first-order valence-corrected chi connectivity index (χ1v) is 18.4. The lowest BCUT2D eigenvalue weighted by Gasteiger charge is -2.44. The summed E-state index contributed by atoms with van der Waals surface area (Å²) in [7, 11) is 0. The van der Waals surface area contributed by atoms with Crippen LogP contribution in [-0.2, 0) is 28.8 Å². The number of benzene rings is 1. The summed E-state index contributed by atoms with van der Waals surface area (Å²) in [5, 5.41) is 20.8. The Morgan fingerprint density at radius 3 is 2.40 bits per heavy atom. The number of carbonyl (C=O) groups excluding carboxylic acids is 5. The topological polar surface area (TPSA) is 158 Å². The van der Waals surface area contributed by atoms with Crippen LogP contribution in [0.25, 0.3) is 0 Å². The highest BCUT2D eigenvalue weighted by atomic mass is 35.5. The Balaban J connectivity index is 1.38. The molecule has 1 spiro atoms. The lowest BCUT2D eigenvalue weighted by atomic mass is 9.84. The average molecular weight is 714 g/mol. The van der Waals surface area contributed by atoms with Gasteiger partial charge in [-0.25, -0.2) is 0 Å². The number of halogens is 1. The third kappa shape index (κ3) is 8.67. The molecule has 50 heavy (non-hydrogen) atoms. The number of hydrogen-bond donors (Lipinski definition) is 3. The lowest BCUT2D eigenvalue weighted by molar-refractivity contribution is -0.160. The van der Waals surface area contributed by atoms with E-state index in [0.29, 0.717) is 30.0 Å². The van der Waals surface area contributed by atoms with Crippen molar-refractivity contribution in [3.05, 3.63) is 34.9 Å². The van der Waals surface area contributed by atoms with Gasteiger partial charge in [0.15, 0.2) is 5.60 Å². The number of likely N-dealkylation sites (tertiary alicyclic amines) is 2. The highest BCUT2D eigenvalue weighted by Crippen LogP contribution is 2.40. The lowest BCUT2D eigenvalue weighted by Crippen LogP contribution is -2.64. The number of oxime groups is 1. The van der Waals surface area contributed by atoms with Crippen LogP contribution in [0.4, 0.5) is 0 Å². The minimum absolute atomic E-state index is 0.0245. The van der Waals surface area contributed by atoms with Crippen LogP contribution < -0.4 is 10.6 Å². The number of Topliss-reactive ketones (excluding diaryl/α,β-unsaturated/α-hetero) is 1. The van der Waals surface area contributed by atoms with Gasteiger partial charge in [-0.15, -0.1) is 0 Å². The average Bonchev–Trinajstić information content (AvgIpc) is 3.64. The van der Waals surface area contributed by atoms with Crippen LogP contribution in [0.3, 0.4) is 0 Å². The van der Waals surface area contributed by atoms with Crippen molar-refractivity contribution in [2.24, 2.45) is 16.5 Å². The van der Waals surface area contributed by atoms with Crippen LogP contribution in [-0.4, -0.2) is 99.0 Å². The third-order valence-corrected chi connectivity index (χ3v) is 10.6. The summed E-state index contributed by atoms with van der Waals surface area (Å²) in [6.45, 7) is 9.14. The Bertz CT molecular complexity index is 1510. The standard InChI is InChI=1S/C37H52ClN5O7/c1-6-11-26(30(45)33(47)42-20-36(5,49)21-42)39-32(46)28-19-37(18-27(41-50-37)24-14-10-15-25(38)17-24)22-43(28)34(48)31(35(2,3)4)40-29(44)16-23-12-8-7-9-13-23/h10,14-15,17,23,26,28,31,49H,6-9,11-13,16,18-22H2,1-5H3,(H,39,46)(H,40,44)/t26-,28-,31+,37+/m0/s1. The number of rotatable bonds is 11. The summed E-state index contributed by atoms with van der Waals surface area (Å²) in [6.07, 6.45) is 6.80. The molecule has 274 valence electrons. The first kappa shape index (κ1) is 37.7. The number of nitrogens with one attached hydrogen (secondary N) is 2. The molecule has 1 aromatic carbocycles. The van der Waals surface area contributed by atoms with Crippen molar-refractivity contribution >= 4 is 46.7 Å². The van der Waals surface area contributed by atoms with Gasteiger partial charge in [0.05, 0.1) is 37.0 Å². The van der Waals surface area contributed by atoms with Gasteiger partial charge in [-0.3, -0.25) is 24.0 Å². The minimum atomic E-state index is -1.12. The molecule has 1 saturated carbocycles. The molecule has 3 fully saturated rings. The van der Waals surface area contributed by atoms with Gasteiger partial charge >= 0.3 is 0 Å². The Hall–Kier alpha value is -3.51. The van der Waals surface area contributed by atoms with Crippen LogP contribution in [0.5, 0.6) is 0 Å². The molecular weight excluding hydrogens is 662 g/mol. The first-order chi connectivity index (χ1) is 23.5. The zero-order chi connectivity index (χ0) is 36.4. The Labute approximate surface area is 299 Å². The number of β-amino-alcohol motifs (C(OH)–C–C–N with tert-alkyl or cyclic N) is 1. The smallest absolute Gasteiger partial charge is 0.292 e. The molecule has 4 atom stereocenters. The minimum Gasteiger partial charge on any atom is -0.387 e.